The molecular weight excluding hydrogens is 400 g/mol. The standard InChI is InChI=1S/C22H22N4O5/c1-12(2)30-22-18(29-3)10-15(11-23-22)21-25-20(26-31-21)13-4-6-17-14(8-13)9-16(24-17)5-7-19(27)28/h4,6,8-12,24H,5,7H2,1-3H3,(H,27,28). The van der Waals surface area contributed by atoms with E-state index in [-0.39, 0.29) is 12.5 Å². The maximum Gasteiger partial charge on any atom is 0.303 e. The monoisotopic (exact) mass is 422 g/mol. The first kappa shape index (κ1) is 20.4. The minimum absolute atomic E-state index is 0.0322. The molecule has 0 atom stereocenters. The molecule has 0 bridgehead atoms. The fraction of sp³-hybridized carbons (Fsp3) is 0.273. The second kappa shape index (κ2) is 8.47. The third-order valence-corrected chi connectivity index (χ3v) is 4.60. The smallest absolute Gasteiger partial charge is 0.303 e. The number of H-pyrrole nitrogens is 1. The van der Waals surface area contributed by atoms with E-state index in [2.05, 4.69) is 20.1 Å². The van der Waals surface area contributed by atoms with Crippen LogP contribution in [0.15, 0.2) is 41.1 Å². The second-order valence-electron chi connectivity index (χ2n) is 7.31. The van der Waals surface area contributed by atoms with Crippen molar-refractivity contribution in [1.29, 1.82) is 0 Å². The number of nitrogens with zero attached hydrogens (tertiary/aromatic N) is 3. The number of hydrogen-bond donors (Lipinski definition) is 2. The van der Waals surface area contributed by atoms with Gasteiger partial charge in [-0.15, -0.1) is 0 Å². The normalized spacial score (nSPS) is 11.2. The van der Waals surface area contributed by atoms with Crippen molar-refractivity contribution in [3.8, 4) is 34.5 Å². The van der Waals surface area contributed by atoms with Gasteiger partial charge in [-0.25, -0.2) is 4.98 Å². The van der Waals surface area contributed by atoms with E-state index in [0.29, 0.717) is 35.3 Å². The Kier molecular flexibility index (Phi) is 5.57. The lowest BCUT2D eigenvalue weighted by molar-refractivity contribution is -0.136. The number of carboxylic acids is 1. The predicted molar refractivity (Wildman–Crippen MR) is 113 cm³/mol. The highest BCUT2D eigenvalue weighted by molar-refractivity contribution is 5.85. The zero-order valence-electron chi connectivity index (χ0n) is 17.4. The molecule has 0 aliphatic heterocycles. The van der Waals surface area contributed by atoms with Crippen molar-refractivity contribution in [3.05, 3.63) is 42.2 Å². The molecule has 31 heavy (non-hydrogen) atoms. The van der Waals surface area contributed by atoms with Crippen LogP contribution in [0.2, 0.25) is 0 Å². The summed E-state index contributed by atoms with van der Waals surface area (Å²) in [6.07, 6.45) is 2.08. The number of carbonyl (C=O) groups is 1. The molecule has 0 aliphatic rings. The van der Waals surface area contributed by atoms with Gasteiger partial charge in [0.15, 0.2) is 5.75 Å². The molecule has 1 aromatic carbocycles. The molecule has 2 N–H and O–H groups in total. The van der Waals surface area contributed by atoms with Crippen LogP contribution >= 0.6 is 0 Å². The summed E-state index contributed by atoms with van der Waals surface area (Å²) in [5.41, 5.74) is 3.18. The quantitative estimate of drug-likeness (QED) is 0.435. The number of aliphatic carboxylic acids is 1. The Bertz CT molecular complexity index is 1230. The van der Waals surface area contributed by atoms with Crippen molar-refractivity contribution >= 4 is 16.9 Å². The van der Waals surface area contributed by atoms with Gasteiger partial charge in [-0.3, -0.25) is 4.79 Å². The topological polar surface area (TPSA) is 123 Å². The first-order chi connectivity index (χ1) is 14.9. The van der Waals surface area contributed by atoms with Gasteiger partial charge >= 0.3 is 5.97 Å². The summed E-state index contributed by atoms with van der Waals surface area (Å²) in [7, 11) is 1.55. The molecule has 4 rings (SSSR count). The summed E-state index contributed by atoms with van der Waals surface area (Å²) in [6.45, 7) is 3.82. The molecule has 0 saturated carbocycles. The molecule has 9 heteroatoms. The van der Waals surface area contributed by atoms with Gasteiger partial charge < -0.3 is 24.1 Å². The van der Waals surface area contributed by atoms with Crippen molar-refractivity contribution in [2.45, 2.75) is 32.8 Å². The summed E-state index contributed by atoms with van der Waals surface area (Å²) in [6, 6.07) is 9.40. The van der Waals surface area contributed by atoms with E-state index in [1.165, 1.54) is 0 Å². The first-order valence-corrected chi connectivity index (χ1v) is 9.81. The maximum atomic E-state index is 10.8. The van der Waals surface area contributed by atoms with Crippen LogP contribution in [-0.2, 0) is 11.2 Å². The highest BCUT2D eigenvalue weighted by Gasteiger charge is 2.16. The van der Waals surface area contributed by atoms with Crippen LogP contribution in [0.1, 0.15) is 26.0 Å². The maximum absolute atomic E-state index is 10.8. The minimum atomic E-state index is -0.825. The van der Waals surface area contributed by atoms with E-state index in [1.54, 1.807) is 19.4 Å². The van der Waals surface area contributed by atoms with Gasteiger partial charge in [-0.1, -0.05) is 5.16 Å². The Morgan fingerprint density at radius 1 is 1.23 bits per heavy atom. The molecule has 0 amide bonds. The van der Waals surface area contributed by atoms with E-state index in [0.717, 1.165) is 22.2 Å². The zero-order chi connectivity index (χ0) is 22.0. The van der Waals surface area contributed by atoms with E-state index in [1.807, 2.05) is 38.1 Å². The number of hydrogen-bond acceptors (Lipinski definition) is 7. The van der Waals surface area contributed by atoms with Crippen LogP contribution in [-0.4, -0.2) is 44.4 Å². The fourth-order valence-corrected chi connectivity index (χ4v) is 3.17. The van der Waals surface area contributed by atoms with Crippen LogP contribution in [0.4, 0.5) is 0 Å². The molecule has 0 aliphatic carbocycles. The fourth-order valence-electron chi connectivity index (χ4n) is 3.17. The number of ether oxygens (including phenoxy) is 2. The first-order valence-electron chi connectivity index (χ1n) is 9.81. The lowest BCUT2D eigenvalue weighted by Gasteiger charge is -2.12. The largest absolute Gasteiger partial charge is 0.491 e. The zero-order valence-corrected chi connectivity index (χ0v) is 17.4. The van der Waals surface area contributed by atoms with Crippen molar-refractivity contribution in [3.63, 3.8) is 0 Å². The average Bonchev–Trinajstić information content (AvgIpc) is 3.38. The number of aryl methyl sites for hydroxylation is 1. The summed E-state index contributed by atoms with van der Waals surface area (Å²) < 4.78 is 16.4. The summed E-state index contributed by atoms with van der Waals surface area (Å²) in [5, 5.41) is 13.9. The number of aromatic amines is 1. The molecule has 0 saturated heterocycles. The van der Waals surface area contributed by atoms with Gasteiger partial charge in [-0.2, -0.15) is 4.98 Å². The van der Waals surface area contributed by atoms with E-state index in [9.17, 15) is 4.79 Å². The van der Waals surface area contributed by atoms with Crippen molar-refractivity contribution < 1.29 is 23.9 Å². The van der Waals surface area contributed by atoms with Crippen molar-refractivity contribution in [2.75, 3.05) is 7.11 Å². The highest BCUT2D eigenvalue weighted by Crippen LogP contribution is 2.31. The Morgan fingerprint density at radius 2 is 2.06 bits per heavy atom. The number of carboxylic acid groups (broad SMARTS) is 1. The minimum Gasteiger partial charge on any atom is -0.491 e. The van der Waals surface area contributed by atoms with Gasteiger partial charge in [-0.05, 0) is 44.5 Å². The molecule has 9 nitrogen and oxygen atoms in total. The molecule has 0 radical (unpaired) electrons. The SMILES string of the molecule is COc1cc(-c2nc(-c3ccc4[nH]c(CCC(=O)O)cc4c3)no2)cnc1OC(C)C. The summed E-state index contributed by atoms with van der Waals surface area (Å²) in [5.74, 6) is 0.805. The number of benzene rings is 1. The molecule has 3 heterocycles. The van der Waals surface area contributed by atoms with E-state index >= 15 is 0 Å². The van der Waals surface area contributed by atoms with Crippen LogP contribution in [0.3, 0.4) is 0 Å². The highest BCUT2D eigenvalue weighted by atomic mass is 16.5. The lowest BCUT2D eigenvalue weighted by Crippen LogP contribution is -2.08. The molecule has 0 fully saturated rings. The summed E-state index contributed by atoms with van der Waals surface area (Å²) >= 11 is 0. The molecule has 0 unspecified atom stereocenters. The van der Waals surface area contributed by atoms with Gasteiger partial charge in [0.25, 0.3) is 11.8 Å². The van der Waals surface area contributed by atoms with Gasteiger partial charge in [0, 0.05) is 34.4 Å². The Labute approximate surface area is 178 Å². The van der Waals surface area contributed by atoms with Crippen LogP contribution < -0.4 is 9.47 Å². The number of nitrogens with one attached hydrogen (secondary N) is 1. The van der Waals surface area contributed by atoms with Crippen LogP contribution in [0.5, 0.6) is 11.6 Å². The molecule has 0 spiro atoms. The van der Waals surface area contributed by atoms with E-state index in [4.69, 9.17) is 19.1 Å². The molecule has 3 aromatic heterocycles. The Balaban J connectivity index is 1.59. The van der Waals surface area contributed by atoms with Crippen LogP contribution in [0, 0.1) is 0 Å². The molecule has 160 valence electrons. The van der Waals surface area contributed by atoms with E-state index < -0.39 is 5.97 Å². The lowest BCUT2D eigenvalue weighted by atomic mass is 10.1. The number of pyridine rings is 1. The number of aromatic nitrogens is 4. The van der Waals surface area contributed by atoms with Crippen molar-refractivity contribution in [1.82, 2.24) is 20.1 Å². The molecule has 4 aromatic rings. The number of rotatable bonds is 8. The third-order valence-electron chi connectivity index (χ3n) is 4.60. The number of fused-ring (bicyclic) bond motifs is 1. The second-order valence-corrected chi connectivity index (χ2v) is 7.31. The third kappa shape index (κ3) is 4.50. The van der Waals surface area contributed by atoms with Gasteiger partial charge in [0.05, 0.1) is 25.2 Å². The van der Waals surface area contributed by atoms with Gasteiger partial charge in [0.2, 0.25) is 5.82 Å². The average molecular weight is 422 g/mol. The van der Waals surface area contributed by atoms with Gasteiger partial charge in [0.1, 0.15) is 0 Å². The Morgan fingerprint density at radius 3 is 2.81 bits per heavy atom. The van der Waals surface area contributed by atoms with Crippen LogP contribution in [0.25, 0.3) is 33.7 Å². The molecular formula is C22H22N4O5. The number of methoxy groups -OCH3 is 1. The predicted octanol–water partition coefficient (Wildman–Crippen LogP) is 4.09. The summed E-state index contributed by atoms with van der Waals surface area (Å²) in [4.78, 5) is 22.8. The van der Waals surface area contributed by atoms with Crippen molar-refractivity contribution in [2.24, 2.45) is 0 Å². The Hall–Kier alpha value is -3.88.